The summed E-state index contributed by atoms with van der Waals surface area (Å²) in [4.78, 5) is 11.3. The number of methoxy groups -OCH3 is 1. The molecule has 0 spiro atoms. The van der Waals surface area contributed by atoms with Crippen LogP contribution in [0.25, 0.3) is 0 Å². The molecule has 4 heteroatoms. The van der Waals surface area contributed by atoms with Crippen LogP contribution in [0, 0.1) is 0 Å². The van der Waals surface area contributed by atoms with Crippen molar-refractivity contribution in [2.45, 2.75) is 12.8 Å². The fourth-order valence-electron chi connectivity index (χ4n) is 1.72. The highest BCUT2D eigenvalue weighted by Gasteiger charge is 2.12. The molecule has 1 aliphatic heterocycles. The average Bonchev–Trinajstić information content (AvgIpc) is 2.27. The molecule has 0 unspecified atom stereocenters. The summed E-state index contributed by atoms with van der Waals surface area (Å²) in [6.45, 7) is 1.02. The zero-order valence-corrected chi connectivity index (χ0v) is 9.39. The highest BCUT2D eigenvalue weighted by atomic mass is 35.5. The molecule has 0 bridgehead atoms. The van der Waals surface area contributed by atoms with E-state index in [2.05, 4.69) is 10.1 Å². The third-order valence-electron chi connectivity index (χ3n) is 2.46. The smallest absolute Gasteiger partial charge is 0.337 e. The van der Waals surface area contributed by atoms with E-state index in [-0.39, 0.29) is 18.4 Å². The van der Waals surface area contributed by atoms with Crippen molar-refractivity contribution in [3.63, 3.8) is 0 Å². The van der Waals surface area contributed by atoms with E-state index in [0.29, 0.717) is 5.56 Å². The summed E-state index contributed by atoms with van der Waals surface area (Å²) in [5.74, 6) is -0.265. The number of nitrogens with one attached hydrogen (secondary N) is 1. The van der Waals surface area contributed by atoms with E-state index in [0.717, 1.165) is 25.1 Å². The lowest BCUT2D eigenvalue weighted by Crippen LogP contribution is -2.12. The standard InChI is InChI=1S/C11H13NO2.ClH/c1-14-11(13)9-4-5-10-8(7-9)3-2-6-12-10;/h4-5,7,12H,2-3,6H2,1H3;1H. The molecule has 0 saturated heterocycles. The van der Waals surface area contributed by atoms with E-state index in [1.54, 1.807) is 6.07 Å². The Kier molecular flexibility index (Phi) is 3.97. The maximum Gasteiger partial charge on any atom is 0.337 e. The normalized spacial score (nSPS) is 13.1. The van der Waals surface area contributed by atoms with Gasteiger partial charge in [0, 0.05) is 12.2 Å². The summed E-state index contributed by atoms with van der Waals surface area (Å²) in [7, 11) is 1.40. The molecule has 0 fully saturated rings. The molecule has 82 valence electrons. The molecule has 1 aliphatic rings. The van der Waals surface area contributed by atoms with Crippen LogP contribution in [0.5, 0.6) is 0 Å². The summed E-state index contributed by atoms with van der Waals surface area (Å²) in [5, 5.41) is 3.29. The fourth-order valence-corrected chi connectivity index (χ4v) is 1.72. The number of aryl methyl sites for hydroxylation is 1. The molecule has 1 heterocycles. The second-order valence-electron chi connectivity index (χ2n) is 3.39. The minimum atomic E-state index is -0.265. The number of hydrogen-bond donors (Lipinski definition) is 1. The second kappa shape index (κ2) is 5.03. The summed E-state index contributed by atoms with van der Waals surface area (Å²) < 4.78 is 4.67. The van der Waals surface area contributed by atoms with Gasteiger partial charge in [0.2, 0.25) is 0 Å². The van der Waals surface area contributed by atoms with Crippen LogP contribution >= 0.6 is 12.4 Å². The van der Waals surface area contributed by atoms with Crippen LogP contribution in [0.4, 0.5) is 5.69 Å². The highest BCUT2D eigenvalue weighted by molar-refractivity contribution is 5.90. The maximum absolute atomic E-state index is 11.3. The summed E-state index contributed by atoms with van der Waals surface area (Å²) in [5.41, 5.74) is 2.98. The quantitative estimate of drug-likeness (QED) is 0.748. The minimum absolute atomic E-state index is 0. The molecule has 1 aromatic carbocycles. The van der Waals surface area contributed by atoms with Gasteiger partial charge in [-0.2, -0.15) is 0 Å². The van der Waals surface area contributed by atoms with Gasteiger partial charge in [-0.05, 0) is 36.6 Å². The number of carbonyl (C=O) groups is 1. The highest BCUT2D eigenvalue weighted by Crippen LogP contribution is 2.22. The molecule has 0 saturated carbocycles. The number of esters is 1. The van der Waals surface area contributed by atoms with Gasteiger partial charge in [-0.1, -0.05) is 0 Å². The van der Waals surface area contributed by atoms with E-state index in [1.807, 2.05) is 12.1 Å². The molecule has 1 aromatic rings. The van der Waals surface area contributed by atoms with Crippen molar-refractivity contribution >= 4 is 24.1 Å². The predicted molar refractivity (Wildman–Crippen MR) is 61.8 cm³/mol. The Labute approximate surface area is 95.2 Å². The topological polar surface area (TPSA) is 38.3 Å². The second-order valence-corrected chi connectivity index (χ2v) is 3.39. The number of fused-ring (bicyclic) bond motifs is 1. The van der Waals surface area contributed by atoms with E-state index in [4.69, 9.17) is 0 Å². The van der Waals surface area contributed by atoms with Crippen LogP contribution in [-0.2, 0) is 11.2 Å². The van der Waals surface area contributed by atoms with E-state index < -0.39 is 0 Å². The molecule has 0 atom stereocenters. The van der Waals surface area contributed by atoms with Gasteiger partial charge in [-0.15, -0.1) is 12.4 Å². The van der Waals surface area contributed by atoms with Crippen molar-refractivity contribution in [2.75, 3.05) is 19.0 Å². The molecular weight excluding hydrogens is 214 g/mol. The molecule has 2 rings (SSSR count). The van der Waals surface area contributed by atoms with E-state index in [1.165, 1.54) is 12.7 Å². The number of ether oxygens (including phenoxy) is 1. The van der Waals surface area contributed by atoms with Gasteiger partial charge < -0.3 is 10.1 Å². The van der Waals surface area contributed by atoms with Gasteiger partial charge in [0.05, 0.1) is 12.7 Å². The Balaban J connectivity index is 0.00000112. The number of hydrogen-bond acceptors (Lipinski definition) is 3. The summed E-state index contributed by atoms with van der Waals surface area (Å²) >= 11 is 0. The lowest BCUT2D eigenvalue weighted by Gasteiger charge is -2.18. The zero-order valence-electron chi connectivity index (χ0n) is 8.58. The zero-order chi connectivity index (χ0) is 9.97. The van der Waals surface area contributed by atoms with Crippen LogP contribution in [0.1, 0.15) is 22.3 Å². The molecule has 0 amide bonds. The van der Waals surface area contributed by atoms with Crippen molar-refractivity contribution in [1.29, 1.82) is 0 Å². The summed E-state index contributed by atoms with van der Waals surface area (Å²) in [6, 6.07) is 5.65. The van der Waals surface area contributed by atoms with E-state index in [9.17, 15) is 4.79 Å². The van der Waals surface area contributed by atoms with Gasteiger partial charge >= 0.3 is 5.97 Å². The Morgan fingerprint density at radius 3 is 3.00 bits per heavy atom. The van der Waals surface area contributed by atoms with Crippen molar-refractivity contribution in [3.8, 4) is 0 Å². The monoisotopic (exact) mass is 227 g/mol. The first kappa shape index (κ1) is 11.9. The van der Waals surface area contributed by atoms with Crippen molar-refractivity contribution in [1.82, 2.24) is 0 Å². The average molecular weight is 228 g/mol. The Morgan fingerprint density at radius 1 is 1.47 bits per heavy atom. The van der Waals surface area contributed by atoms with Gasteiger partial charge in [-0.3, -0.25) is 0 Å². The molecular formula is C11H14ClNO2. The Bertz CT molecular complexity index is 366. The molecule has 3 nitrogen and oxygen atoms in total. The van der Waals surface area contributed by atoms with Crippen molar-refractivity contribution in [3.05, 3.63) is 29.3 Å². The van der Waals surface area contributed by atoms with Crippen LogP contribution in [0.3, 0.4) is 0 Å². The van der Waals surface area contributed by atoms with Gasteiger partial charge in [0.1, 0.15) is 0 Å². The van der Waals surface area contributed by atoms with Crippen LogP contribution in [0.15, 0.2) is 18.2 Å². The van der Waals surface area contributed by atoms with Gasteiger partial charge in [0.15, 0.2) is 0 Å². The van der Waals surface area contributed by atoms with Crippen LogP contribution in [-0.4, -0.2) is 19.6 Å². The third kappa shape index (κ3) is 2.42. The largest absolute Gasteiger partial charge is 0.465 e. The van der Waals surface area contributed by atoms with Crippen LogP contribution in [0.2, 0.25) is 0 Å². The maximum atomic E-state index is 11.3. The van der Waals surface area contributed by atoms with Crippen molar-refractivity contribution in [2.24, 2.45) is 0 Å². The van der Waals surface area contributed by atoms with E-state index >= 15 is 0 Å². The predicted octanol–water partition coefficient (Wildman–Crippen LogP) is 2.25. The minimum Gasteiger partial charge on any atom is -0.465 e. The Hall–Kier alpha value is -1.22. The number of carbonyl (C=O) groups excluding carboxylic acids is 1. The van der Waals surface area contributed by atoms with Crippen molar-refractivity contribution < 1.29 is 9.53 Å². The number of halogens is 1. The molecule has 1 N–H and O–H groups in total. The molecule has 0 radical (unpaired) electrons. The number of benzene rings is 1. The molecule has 0 aromatic heterocycles. The first-order valence-electron chi connectivity index (χ1n) is 4.76. The SMILES string of the molecule is COC(=O)c1ccc2c(c1)CCCN2.Cl. The lowest BCUT2D eigenvalue weighted by atomic mass is 10.0. The lowest BCUT2D eigenvalue weighted by molar-refractivity contribution is 0.0600. The third-order valence-corrected chi connectivity index (χ3v) is 2.46. The fraction of sp³-hybridized carbons (Fsp3) is 0.364. The molecule has 0 aliphatic carbocycles. The number of anilines is 1. The first-order valence-corrected chi connectivity index (χ1v) is 4.76. The first-order chi connectivity index (χ1) is 6.81. The molecule has 15 heavy (non-hydrogen) atoms. The Morgan fingerprint density at radius 2 is 2.27 bits per heavy atom. The van der Waals surface area contributed by atoms with Gasteiger partial charge in [0.25, 0.3) is 0 Å². The summed E-state index contributed by atoms with van der Waals surface area (Å²) in [6.07, 6.45) is 2.16. The number of rotatable bonds is 1. The van der Waals surface area contributed by atoms with Gasteiger partial charge in [-0.25, -0.2) is 4.79 Å². The van der Waals surface area contributed by atoms with Crippen LogP contribution < -0.4 is 5.32 Å².